The van der Waals surface area contributed by atoms with Crippen LogP contribution in [0.1, 0.15) is 11.1 Å². The van der Waals surface area contributed by atoms with E-state index in [-0.39, 0.29) is 5.75 Å². The number of phenols is 1. The largest absolute Gasteiger partial charge is 0.508 e. The Kier molecular flexibility index (Phi) is 3.72. The van der Waals surface area contributed by atoms with Crippen LogP contribution in [0.4, 0.5) is 10.1 Å². The molecule has 0 spiro atoms. The Bertz CT molecular complexity index is 572. The van der Waals surface area contributed by atoms with Crippen LogP contribution in [0.3, 0.4) is 0 Å². The molecule has 2 aromatic carbocycles. The van der Waals surface area contributed by atoms with Crippen molar-refractivity contribution in [3.8, 4) is 5.75 Å². The fourth-order valence-electron chi connectivity index (χ4n) is 1.68. The maximum Gasteiger partial charge on any atom is 0.147 e. The van der Waals surface area contributed by atoms with Crippen LogP contribution in [0.25, 0.3) is 0 Å². The van der Waals surface area contributed by atoms with Gasteiger partial charge in [0.25, 0.3) is 0 Å². The fourth-order valence-corrected chi connectivity index (χ4v) is 1.84. The smallest absolute Gasteiger partial charge is 0.147 e. The molecule has 0 aliphatic carbocycles. The summed E-state index contributed by atoms with van der Waals surface area (Å²) in [6.07, 6.45) is 0. The number of hydrogen-bond acceptors (Lipinski definition) is 2. The van der Waals surface area contributed by atoms with Gasteiger partial charge in [-0.15, -0.1) is 0 Å². The molecule has 0 heterocycles. The predicted molar refractivity (Wildman–Crippen MR) is 71.6 cm³/mol. The summed E-state index contributed by atoms with van der Waals surface area (Å²) in [6, 6.07) is 9.75. The zero-order chi connectivity index (χ0) is 13.1. The van der Waals surface area contributed by atoms with Gasteiger partial charge in [-0.05, 0) is 31.2 Å². The molecule has 2 aromatic rings. The average Bonchev–Trinajstić information content (AvgIpc) is 2.32. The average molecular weight is 266 g/mol. The highest BCUT2D eigenvalue weighted by Crippen LogP contribution is 2.22. The number of aromatic hydroxyl groups is 1. The molecular formula is C14H13ClFNO. The number of halogens is 2. The summed E-state index contributed by atoms with van der Waals surface area (Å²) in [5.74, 6) is -0.211. The van der Waals surface area contributed by atoms with Crippen molar-refractivity contribution in [2.24, 2.45) is 0 Å². The van der Waals surface area contributed by atoms with Crippen LogP contribution in [0, 0.1) is 12.7 Å². The van der Waals surface area contributed by atoms with Crippen molar-refractivity contribution in [2.45, 2.75) is 13.5 Å². The van der Waals surface area contributed by atoms with E-state index in [1.54, 1.807) is 18.2 Å². The van der Waals surface area contributed by atoms with Gasteiger partial charge in [0, 0.05) is 17.1 Å². The molecule has 0 aromatic heterocycles. The van der Waals surface area contributed by atoms with Crippen LogP contribution in [0.15, 0.2) is 36.4 Å². The quantitative estimate of drug-likeness (QED) is 0.875. The predicted octanol–water partition coefficient (Wildman–Crippen LogP) is 4.11. The Morgan fingerprint density at radius 1 is 1.22 bits per heavy atom. The molecule has 0 amide bonds. The number of aryl methyl sites for hydroxylation is 1. The minimum Gasteiger partial charge on any atom is -0.508 e. The van der Waals surface area contributed by atoms with Crippen LogP contribution < -0.4 is 5.32 Å². The Labute approximate surface area is 110 Å². The summed E-state index contributed by atoms with van der Waals surface area (Å²) in [6.45, 7) is 2.29. The van der Waals surface area contributed by atoms with Gasteiger partial charge in [-0.2, -0.15) is 0 Å². The highest BCUT2D eigenvalue weighted by molar-refractivity contribution is 6.30. The van der Waals surface area contributed by atoms with Gasteiger partial charge in [-0.3, -0.25) is 0 Å². The lowest BCUT2D eigenvalue weighted by molar-refractivity contribution is 0.469. The lowest BCUT2D eigenvalue weighted by atomic mass is 10.1. The molecule has 18 heavy (non-hydrogen) atoms. The van der Waals surface area contributed by atoms with E-state index in [9.17, 15) is 9.50 Å². The monoisotopic (exact) mass is 265 g/mol. The van der Waals surface area contributed by atoms with Crippen molar-refractivity contribution in [3.63, 3.8) is 0 Å². The first-order valence-electron chi connectivity index (χ1n) is 5.53. The summed E-state index contributed by atoms with van der Waals surface area (Å²) in [7, 11) is 0. The molecule has 0 unspecified atom stereocenters. The Morgan fingerprint density at radius 2 is 2.00 bits per heavy atom. The Morgan fingerprint density at radius 3 is 2.72 bits per heavy atom. The second kappa shape index (κ2) is 5.27. The van der Waals surface area contributed by atoms with Gasteiger partial charge in [0.05, 0.1) is 5.69 Å². The van der Waals surface area contributed by atoms with Crippen molar-refractivity contribution in [1.29, 1.82) is 0 Å². The molecule has 2 N–H and O–H groups in total. The molecule has 2 nitrogen and oxygen atoms in total. The second-order valence-corrected chi connectivity index (χ2v) is 4.55. The van der Waals surface area contributed by atoms with E-state index in [0.717, 1.165) is 11.1 Å². The lowest BCUT2D eigenvalue weighted by Crippen LogP contribution is -2.02. The minimum atomic E-state index is -0.408. The molecule has 0 fully saturated rings. The number of phenolic OH excluding ortho intramolecular Hbond substituents is 1. The zero-order valence-corrected chi connectivity index (χ0v) is 10.6. The minimum absolute atomic E-state index is 0.197. The molecule has 0 aliphatic rings. The first-order valence-corrected chi connectivity index (χ1v) is 5.91. The van der Waals surface area contributed by atoms with Crippen LogP contribution >= 0.6 is 11.6 Å². The van der Waals surface area contributed by atoms with E-state index in [2.05, 4.69) is 5.32 Å². The molecule has 2 rings (SSSR count). The zero-order valence-electron chi connectivity index (χ0n) is 9.87. The van der Waals surface area contributed by atoms with Gasteiger partial charge in [-0.25, -0.2) is 4.39 Å². The maximum atomic E-state index is 13.5. The van der Waals surface area contributed by atoms with Gasteiger partial charge < -0.3 is 10.4 Å². The normalized spacial score (nSPS) is 10.4. The SMILES string of the molecule is Cc1ccc(O)c(CNc2ccc(Cl)cc2F)c1. The Hall–Kier alpha value is -1.74. The first kappa shape index (κ1) is 12.7. The van der Waals surface area contributed by atoms with Crippen molar-refractivity contribution in [2.75, 3.05) is 5.32 Å². The van der Waals surface area contributed by atoms with Crippen LogP contribution in [-0.4, -0.2) is 5.11 Å². The molecule has 0 saturated heterocycles. The van der Waals surface area contributed by atoms with E-state index in [1.807, 2.05) is 19.1 Å². The molecule has 0 aliphatic heterocycles. The van der Waals surface area contributed by atoms with Crippen molar-refractivity contribution in [3.05, 3.63) is 58.4 Å². The molecular weight excluding hydrogens is 253 g/mol. The topological polar surface area (TPSA) is 32.3 Å². The van der Waals surface area contributed by atoms with Gasteiger partial charge >= 0.3 is 0 Å². The molecule has 0 bridgehead atoms. The van der Waals surface area contributed by atoms with E-state index < -0.39 is 5.82 Å². The van der Waals surface area contributed by atoms with Gasteiger partial charge in [0.1, 0.15) is 11.6 Å². The highest BCUT2D eigenvalue weighted by atomic mass is 35.5. The third kappa shape index (κ3) is 2.93. The van der Waals surface area contributed by atoms with Gasteiger partial charge in [0.2, 0.25) is 0 Å². The summed E-state index contributed by atoms with van der Waals surface area (Å²) in [5, 5.41) is 13.0. The van der Waals surface area contributed by atoms with Crippen molar-refractivity contribution < 1.29 is 9.50 Å². The number of nitrogens with one attached hydrogen (secondary N) is 1. The standard InChI is InChI=1S/C14H13ClFNO/c1-9-2-5-14(18)10(6-9)8-17-13-4-3-11(15)7-12(13)16/h2-7,17-18H,8H2,1H3. The van der Waals surface area contributed by atoms with E-state index in [1.165, 1.54) is 6.07 Å². The van der Waals surface area contributed by atoms with Crippen molar-refractivity contribution >= 4 is 17.3 Å². The first-order chi connectivity index (χ1) is 8.56. The molecule has 4 heteroatoms. The third-order valence-electron chi connectivity index (χ3n) is 2.64. The van der Waals surface area contributed by atoms with Crippen LogP contribution in [0.2, 0.25) is 5.02 Å². The number of rotatable bonds is 3. The summed E-state index contributed by atoms with van der Waals surface area (Å²) in [4.78, 5) is 0. The highest BCUT2D eigenvalue weighted by Gasteiger charge is 2.05. The summed E-state index contributed by atoms with van der Waals surface area (Å²) >= 11 is 5.67. The maximum absolute atomic E-state index is 13.5. The summed E-state index contributed by atoms with van der Waals surface area (Å²) in [5.41, 5.74) is 2.13. The molecule has 0 saturated carbocycles. The third-order valence-corrected chi connectivity index (χ3v) is 2.87. The Balaban J connectivity index is 2.13. The molecule has 94 valence electrons. The summed E-state index contributed by atoms with van der Waals surface area (Å²) < 4.78 is 13.5. The van der Waals surface area contributed by atoms with E-state index >= 15 is 0 Å². The molecule has 0 radical (unpaired) electrons. The number of anilines is 1. The fraction of sp³-hybridized carbons (Fsp3) is 0.143. The van der Waals surface area contributed by atoms with E-state index in [4.69, 9.17) is 11.6 Å². The van der Waals surface area contributed by atoms with E-state index in [0.29, 0.717) is 17.3 Å². The van der Waals surface area contributed by atoms with Gasteiger partial charge in [0.15, 0.2) is 0 Å². The lowest BCUT2D eigenvalue weighted by Gasteiger charge is -2.10. The van der Waals surface area contributed by atoms with Crippen LogP contribution in [0.5, 0.6) is 5.75 Å². The van der Waals surface area contributed by atoms with Gasteiger partial charge in [-0.1, -0.05) is 29.3 Å². The number of hydrogen-bond donors (Lipinski definition) is 2. The van der Waals surface area contributed by atoms with Crippen molar-refractivity contribution in [1.82, 2.24) is 0 Å². The number of benzene rings is 2. The van der Waals surface area contributed by atoms with Crippen LogP contribution in [-0.2, 0) is 6.54 Å². The second-order valence-electron chi connectivity index (χ2n) is 4.11. The molecule has 0 atom stereocenters.